The number of hydrogen-bond acceptors (Lipinski definition) is 3. The van der Waals surface area contributed by atoms with E-state index in [1.54, 1.807) is 0 Å². The van der Waals surface area contributed by atoms with E-state index in [4.69, 9.17) is 9.47 Å². The maximum absolute atomic E-state index is 5.81. The lowest BCUT2D eigenvalue weighted by Gasteiger charge is -2.34. The summed E-state index contributed by atoms with van der Waals surface area (Å²) in [4.78, 5) is 6.67. The van der Waals surface area contributed by atoms with Gasteiger partial charge >= 0.3 is 0 Å². The molecule has 0 unspecified atom stereocenters. The zero-order valence-corrected chi connectivity index (χ0v) is 17.3. The molecule has 0 radical (unpaired) electrons. The number of para-hydroxylation sites is 1. The zero-order chi connectivity index (χ0) is 16.5. The molecule has 1 heterocycles. The van der Waals surface area contributed by atoms with Crippen molar-refractivity contribution in [3.05, 3.63) is 29.8 Å². The average molecular weight is 447 g/mol. The number of nitrogens with zero attached hydrogens (tertiary/aromatic N) is 2. The van der Waals surface area contributed by atoms with Crippen molar-refractivity contribution in [3.63, 3.8) is 0 Å². The first-order valence-electron chi connectivity index (χ1n) is 8.50. The van der Waals surface area contributed by atoms with Crippen LogP contribution in [0.1, 0.15) is 25.3 Å². The first kappa shape index (κ1) is 21.0. The van der Waals surface area contributed by atoms with Gasteiger partial charge in [0.05, 0.1) is 12.6 Å². The summed E-state index contributed by atoms with van der Waals surface area (Å²) >= 11 is 0. The van der Waals surface area contributed by atoms with E-state index in [0.29, 0.717) is 12.7 Å². The molecule has 1 fully saturated rings. The molecule has 6 heteroatoms. The highest BCUT2D eigenvalue weighted by Gasteiger charge is 2.21. The molecule has 0 amide bonds. The number of rotatable bonds is 6. The number of hydrogen-bond donors (Lipinski definition) is 1. The number of piperidine rings is 1. The van der Waals surface area contributed by atoms with Crippen LogP contribution >= 0.6 is 24.0 Å². The predicted molar refractivity (Wildman–Crippen MR) is 110 cm³/mol. The molecule has 136 valence electrons. The molecule has 2 rings (SSSR count). The molecule has 1 aromatic rings. The van der Waals surface area contributed by atoms with E-state index < -0.39 is 0 Å². The summed E-state index contributed by atoms with van der Waals surface area (Å²) in [5.74, 6) is 1.90. The van der Waals surface area contributed by atoms with E-state index >= 15 is 0 Å². The molecule has 24 heavy (non-hydrogen) atoms. The third-order valence-electron chi connectivity index (χ3n) is 4.09. The minimum absolute atomic E-state index is 0. The van der Waals surface area contributed by atoms with Crippen molar-refractivity contribution in [2.45, 2.75) is 32.8 Å². The van der Waals surface area contributed by atoms with Crippen LogP contribution in [0.5, 0.6) is 5.75 Å². The summed E-state index contributed by atoms with van der Waals surface area (Å²) in [6.07, 6.45) is 2.53. The normalized spacial score (nSPS) is 15.8. The van der Waals surface area contributed by atoms with E-state index in [1.807, 2.05) is 25.2 Å². The third-order valence-corrected chi connectivity index (χ3v) is 4.09. The molecule has 5 nitrogen and oxygen atoms in total. The fourth-order valence-corrected chi connectivity index (χ4v) is 2.84. The first-order valence-corrected chi connectivity index (χ1v) is 8.50. The van der Waals surface area contributed by atoms with E-state index in [1.165, 1.54) is 0 Å². The van der Waals surface area contributed by atoms with Gasteiger partial charge < -0.3 is 19.7 Å². The van der Waals surface area contributed by atoms with Gasteiger partial charge in [-0.1, -0.05) is 18.2 Å². The molecule has 0 aliphatic carbocycles. The molecule has 0 saturated carbocycles. The van der Waals surface area contributed by atoms with Crippen LogP contribution in [-0.4, -0.2) is 56.9 Å². The van der Waals surface area contributed by atoms with E-state index in [9.17, 15) is 0 Å². The fraction of sp³-hybridized carbons (Fsp3) is 0.611. The molecule has 1 aliphatic heterocycles. The Morgan fingerprint density at radius 3 is 2.62 bits per heavy atom. The van der Waals surface area contributed by atoms with Crippen LogP contribution < -0.4 is 10.1 Å². The van der Waals surface area contributed by atoms with Crippen LogP contribution in [0.2, 0.25) is 0 Å². The summed E-state index contributed by atoms with van der Waals surface area (Å²) in [5.41, 5.74) is 1.16. The van der Waals surface area contributed by atoms with Gasteiger partial charge in [-0.25, -0.2) is 0 Å². The molecular formula is C18H30IN3O2. The Bertz CT molecular complexity index is 503. The van der Waals surface area contributed by atoms with Crippen molar-refractivity contribution in [2.75, 3.05) is 39.9 Å². The Labute approximate surface area is 162 Å². The van der Waals surface area contributed by atoms with Crippen molar-refractivity contribution < 1.29 is 9.47 Å². The number of aliphatic imine (C=N–C) groups is 1. The molecule has 1 N–H and O–H groups in total. The second-order valence-corrected chi connectivity index (χ2v) is 5.73. The lowest BCUT2D eigenvalue weighted by atomic mass is 10.1. The quantitative estimate of drug-likeness (QED) is 0.315. The molecule has 1 aliphatic rings. The smallest absolute Gasteiger partial charge is 0.193 e. The molecule has 0 atom stereocenters. The highest BCUT2D eigenvalue weighted by Crippen LogP contribution is 2.16. The predicted octanol–water partition coefficient (Wildman–Crippen LogP) is 3.07. The topological polar surface area (TPSA) is 46.1 Å². The second-order valence-electron chi connectivity index (χ2n) is 5.73. The van der Waals surface area contributed by atoms with Gasteiger partial charge in [-0.15, -0.1) is 24.0 Å². The van der Waals surface area contributed by atoms with Crippen molar-refractivity contribution in [1.82, 2.24) is 10.2 Å². The van der Waals surface area contributed by atoms with Gasteiger partial charge in [0.1, 0.15) is 12.4 Å². The van der Waals surface area contributed by atoms with E-state index in [2.05, 4.69) is 35.1 Å². The highest BCUT2D eigenvalue weighted by atomic mass is 127. The fourth-order valence-electron chi connectivity index (χ4n) is 2.84. The molecule has 1 saturated heterocycles. The maximum Gasteiger partial charge on any atom is 0.193 e. The molecule has 1 aromatic carbocycles. The number of benzene rings is 1. The van der Waals surface area contributed by atoms with Crippen LogP contribution in [0.15, 0.2) is 29.3 Å². The van der Waals surface area contributed by atoms with Gasteiger partial charge in [0, 0.05) is 26.7 Å². The monoisotopic (exact) mass is 447 g/mol. The lowest BCUT2D eigenvalue weighted by Crippen LogP contribution is -2.47. The minimum Gasteiger partial charge on any atom is -0.491 e. The van der Waals surface area contributed by atoms with Gasteiger partial charge in [-0.05, 0) is 38.3 Å². The average Bonchev–Trinajstić information content (AvgIpc) is 2.58. The summed E-state index contributed by atoms with van der Waals surface area (Å²) in [6, 6.07) is 8.08. The van der Waals surface area contributed by atoms with E-state index in [0.717, 1.165) is 56.4 Å². The van der Waals surface area contributed by atoms with Crippen molar-refractivity contribution in [1.29, 1.82) is 0 Å². The second kappa shape index (κ2) is 11.5. The standard InChI is InChI=1S/C18H29N3O2.HI/c1-4-22-16-9-12-21(13-10-16)18(19-3)20-11-14-23-17-8-6-5-7-15(17)2;/h5-8,16H,4,9-14H2,1-3H3,(H,19,20);1H. The molecular weight excluding hydrogens is 417 g/mol. The van der Waals surface area contributed by atoms with Crippen LogP contribution in [0.25, 0.3) is 0 Å². The number of nitrogens with one attached hydrogen (secondary N) is 1. The number of guanidine groups is 1. The Morgan fingerprint density at radius 1 is 1.29 bits per heavy atom. The largest absolute Gasteiger partial charge is 0.491 e. The maximum atomic E-state index is 5.81. The molecule has 0 bridgehead atoms. The van der Waals surface area contributed by atoms with Crippen molar-refractivity contribution in [3.8, 4) is 5.75 Å². The van der Waals surface area contributed by atoms with Gasteiger partial charge in [-0.3, -0.25) is 4.99 Å². The Balaban J connectivity index is 0.00000288. The minimum atomic E-state index is 0. The van der Waals surface area contributed by atoms with Crippen LogP contribution in [0, 0.1) is 6.92 Å². The zero-order valence-electron chi connectivity index (χ0n) is 15.0. The molecule has 0 aromatic heterocycles. The molecule has 0 spiro atoms. The van der Waals surface area contributed by atoms with Crippen LogP contribution in [-0.2, 0) is 4.74 Å². The third kappa shape index (κ3) is 6.47. The number of aryl methyl sites for hydroxylation is 1. The van der Waals surface area contributed by atoms with E-state index in [-0.39, 0.29) is 24.0 Å². The summed E-state index contributed by atoms with van der Waals surface area (Å²) < 4.78 is 11.5. The summed E-state index contributed by atoms with van der Waals surface area (Å²) in [6.45, 7) is 8.26. The number of likely N-dealkylation sites (tertiary alicyclic amines) is 1. The summed E-state index contributed by atoms with van der Waals surface area (Å²) in [5, 5.41) is 3.39. The van der Waals surface area contributed by atoms with Gasteiger partial charge in [0.15, 0.2) is 5.96 Å². The number of ether oxygens (including phenoxy) is 2. The Morgan fingerprint density at radius 2 is 2.00 bits per heavy atom. The number of halogens is 1. The van der Waals surface area contributed by atoms with Crippen LogP contribution in [0.4, 0.5) is 0 Å². The van der Waals surface area contributed by atoms with Gasteiger partial charge in [0.25, 0.3) is 0 Å². The lowest BCUT2D eigenvalue weighted by molar-refractivity contribution is 0.0263. The van der Waals surface area contributed by atoms with Crippen molar-refractivity contribution >= 4 is 29.9 Å². The SMILES string of the molecule is CCOC1CCN(C(=NC)NCCOc2ccccc2C)CC1.I. The first-order chi connectivity index (χ1) is 11.2. The summed E-state index contributed by atoms with van der Waals surface area (Å²) in [7, 11) is 1.83. The van der Waals surface area contributed by atoms with Crippen LogP contribution in [0.3, 0.4) is 0 Å². The highest BCUT2D eigenvalue weighted by molar-refractivity contribution is 14.0. The van der Waals surface area contributed by atoms with Crippen molar-refractivity contribution in [2.24, 2.45) is 4.99 Å². The van der Waals surface area contributed by atoms with Gasteiger partial charge in [0.2, 0.25) is 0 Å². The van der Waals surface area contributed by atoms with Gasteiger partial charge in [-0.2, -0.15) is 0 Å². The Hall–Kier alpha value is -1.02. The Kier molecular flexibility index (Phi) is 10.1.